The van der Waals surface area contributed by atoms with Crippen LogP contribution in [0, 0.1) is 0 Å². The Balaban J connectivity index is 1.68. The van der Waals surface area contributed by atoms with Gasteiger partial charge in [-0.1, -0.05) is 18.2 Å². The number of ether oxygens (including phenoxy) is 1. The number of fused-ring (bicyclic) bond motifs is 1. The third-order valence-electron chi connectivity index (χ3n) is 4.26. The highest BCUT2D eigenvalue weighted by Gasteiger charge is 2.43. The molecule has 0 radical (unpaired) electrons. The summed E-state index contributed by atoms with van der Waals surface area (Å²) in [4.78, 5) is 14.1. The van der Waals surface area contributed by atoms with Crippen molar-refractivity contribution in [2.75, 3.05) is 18.0 Å². The molecule has 2 aliphatic heterocycles. The molecule has 0 spiro atoms. The predicted octanol–water partition coefficient (Wildman–Crippen LogP) is -0.586. The molecule has 1 saturated heterocycles. The van der Waals surface area contributed by atoms with E-state index in [4.69, 9.17) is 10.5 Å². The summed E-state index contributed by atoms with van der Waals surface area (Å²) in [6, 6.07) is 7.79. The van der Waals surface area contributed by atoms with Crippen LogP contribution in [0.2, 0.25) is 0 Å². The lowest BCUT2D eigenvalue weighted by Gasteiger charge is -2.21. The fraction of sp³-hybridized carbons (Fsp3) is 0.533. The maximum absolute atomic E-state index is 12.4. The molecule has 3 rings (SSSR count). The molecule has 4 atom stereocenters. The topological polar surface area (TPSA) is 96.0 Å². The van der Waals surface area contributed by atoms with E-state index in [0.29, 0.717) is 6.54 Å². The van der Waals surface area contributed by atoms with Crippen molar-refractivity contribution in [3.8, 4) is 0 Å². The minimum absolute atomic E-state index is 0.0447. The lowest BCUT2D eigenvalue weighted by molar-refractivity contribution is -0.122. The summed E-state index contributed by atoms with van der Waals surface area (Å²) in [6.07, 6.45) is -2.52. The van der Waals surface area contributed by atoms with E-state index in [-0.39, 0.29) is 18.9 Å². The number of rotatable bonds is 3. The second-order valence-corrected chi connectivity index (χ2v) is 5.56. The molecule has 0 aliphatic carbocycles. The lowest BCUT2D eigenvalue weighted by Crippen LogP contribution is -2.38. The van der Waals surface area contributed by atoms with Gasteiger partial charge in [0.05, 0.1) is 18.6 Å². The van der Waals surface area contributed by atoms with Gasteiger partial charge in [0, 0.05) is 18.8 Å². The average molecular weight is 292 g/mol. The Morgan fingerprint density at radius 1 is 1.29 bits per heavy atom. The maximum atomic E-state index is 12.4. The summed E-state index contributed by atoms with van der Waals surface area (Å²) in [5.41, 5.74) is 7.55. The van der Waals surface area contributed by atoms with Gasteiger partial charge < -0.3 is 25.6 Å². The van der Waals surface area contributed by atoms with Crippen molar-refractivity contribution in [2.24, 2.45) is 5.73 Å². The van der Waals surface area contributed by atoms with Crippen molar-refractivity contribution in [2.45, 2.75) is 37.3 Å². The number of nitrogens with zero attached hydrogens (tertiary/aromatic N) is 1. The molecule has 1 aromatic rings. The van der Waals surface area contributed by atoms with E-state index in [9.17, 15) is 15.0 Å². The molecular weight excluding hydrogens is 272 g/mol. The van der Waals surface area contributed by atoms with Crippen LogP contribution in [0.3, 0.4) is 0 Å². The third-order valence-corrected chi connectivity index (χ3v) is 4.26. The van der Waals surface area contributed by atoms with Gasteiger partial charge in [-0.05, 0) is 18.1 Å². The van der Waals surface area contributed by atoms with Crippen LogP contribution in [0.1, 0.15) is 12.0 Å². The van der Waals surface area contributed by atoms with Crippen LogP contribution in [0.15, 0.2) is 24.3 Å². The molecule has 2 aliphatic rings. The summed E-state index contributed by atoms with van der Waals surface area (Å²) in [6.45, 7) is 0.763. The molecule has 6 heteroatoms. The Kier molecular flexibility index (Phi) is 3.95. The standard InChI is InChI=1S/C15H20N2O4/c16-8-12-15(20)14(19)11(21-12)7-13(18)17-6-5-9-3-1-2-4-10(9)17/h1-4,11-12,14-15,19-20H,5-8,16H2. The largest absolute Gasteiger partial charge is 0.388 e. The molecule has 1 aromatic carbocycles. The molecule has 4 N–H and O–H groups in total. The lowest BCUT2D eigenvalue weighted by atomic mass is 10.1. The van der Waals surface area contributed by atoms with Gasteiger partial charge in [-0.3, -0.25) is 4.79 Å². The SMILES string of the molecule is NCC1OC(CC(=O)N2CCc3ccccc32)C(O)C1O. The van der Waals surface area contributed by atoms with Gasteiger partial charge >= 0.3 is 0 Å². The number of anilines is 1. The zero-order valence-corrected chi connectivity index (χ0v) is 11.7. The summed E-state index contributed by atoms with van der Waals surface area (Å²) >= 11 is 0. The normalized spacial score (nSPS) is 31.5. The van der Waals surface area contributed by atoms with Crippen molar-refractivity contribution in [1.29, 1.82) is 0 Å². The van der Waals surface area contributed by atoms with Crippen molar-refractivity contribution >= 4 is 11.6 Å². The zero-order chi connectivity index (χ0) is 15.0. The fourth-order valence-corrected chi connectivity index (χ4v) is 3.07. The number of carbonyl (C=O) groups excluding carboxylic acids is 1. The first-order chi connectivity index (χ1) is 10.1. The zero-order valence-electron chi connectivity index (χ0n) is 11.7. The van der Waals surface area contributed by atoms with E-state index in [1.54, 1.807) is 4.90 Å². The fourth-order valence-electron chi connectivity index (χ4n) is 3.07. The number of nitrogens with two attached hydrogens (primary N) is 1. The minimum atomic E-state index is -1.07. The van der Waals surface area contributed by atoms with Crippen LogP contribution in [0.4, 0.5) is 5.69 Å². The summed E-state index contributed by atoms with van der Waals surface area (Å²) in [5.74, 6) is -0.103. The molecular formula is C15H20N2O4. The van der Waals surface area contributed by atoms with E-state index >= 15 is 0 Å². The molecule has 0 saturated carbocycles. The Morgan fingerprint density at radius 3 is 2.71 bits per heavy atom. The van der Waals surface area contributed by atoms with Gasteiger partial charge in [0.2, 0.25) is 5.91 Å². The second-order valence-electron chi connectivity index (χ2n) is 5.56. The third kappa shape index (κ3) is 2.55. The number of para-hydroxylation sites is 1. The van der Waals surface area contributed by atoms with Gasteiger partial charge in [-0.25, -0.2) is 0 Å². The number of benzene rings is 1. The number of amides is 1. The Labute approximate surface area is 123 Å². The summed E-state index contributed by atoms with van der Waals surface area (Å²) in [5, 5.41) is 19.7. The van der Waals surface area contributed by atoms with E-state index < -0.39 is 24.4 Å². The van der Waals surface area contributed by atoms with Gasteiger partial charge in [-0.2, -0.15) is 0 Å². The molecule has 114 valence electrons. The molecule has 2 heterocycles. The highest BCUT2D eigenvalue weighted by atomic mass is 16.5. The van der Waals surface area contributed by atoms with E-state index in [1.807, 2.05) is 24.3 Å². The number of hydrogen-bond acceptors (Lipinski definition) is 5. The van der Waals surface area contributed by atoms with Crippen molar-refractivity contribution in [1.82, 2.24) is 0 Å². The van der Waals surface area contributed by atoms with Gasteiger partial charge in [0.25, 0.3) is 0 Å². The van der Waals surface area contributed by atoms with E-state index in [2.05, 4.69) is 0 Å². The first-order valence-electron chi connectivity index (χ1n) is 7.21. The summed E-state index contributed by atoms with van der Waals surface area (Å²) in [7, 11) is 0. The van der Waals surface area contributed by atoms with Crippen LogP contribution in [0.5, 0.6) is 0 Å². The molecule has 21 heavy (non-hydrogen) atoms. The molecule has 0 aromatic heterocycles. The van der Waals surface area contributed by atoms with Crippen LogP contribution < -0.4 is 10.6 Å². The van der Waals surface area contributed by atoms with Gasteiger partial charge in [-0.15, -0.1) is 0 Å². The molecule has 0 bridgehead atoms. The Bertz CT molecular complexity index is 536. The summed E-state index contributed by atoms with van der Waals surface area (Å²) < 4.78 is 5.48. The van der Waals surface area contributed by atoms with Crippen LogP contribution >= 0.6 is 0 Å². The van der Waals surface area contributed by atoms with Gasteiger partial charge in [0.15, 0.2) is 0 Å². The number of carbonyl (C=O) groups is 1. The van der Waals surface area contributed by atoms with Crippen molar-refractivity contribution in [3.63, 3.8) is 0 Å². The smallest absolute Gasteiger partial charge is 0.229 e. The quantitative estimate of drug-likeness (QED) is 0.692. The minimum Gasteiger partial charge on any atom is -0.388 e. The average Bonchev–Trinajstić information content (AvgIpc) is 3.03. The second kappa shape index (κ2) is 5.73. The number of aliphatic hydroxyl groups is 2. The molecule has 1 amide bonds. The first-order valence-corrected chi connectivity index (χ1v) is 7.21. The first kappa shape index (κ1) is 14.5. The Morgan fingerprint density at radius 2 is 2.00 bits per heavy atom. The highest BCUT2D eigenvalue weighted by molar-refractivity contribution is 5.95. The van der Waals surface area contributed by atoms with Crippen LogP contribution in [-0.2, 0) is 16.0 Å². The van der Waals surface area contributed by atoms with E-state index in [1.165, 1.54) is 0 Å². The molecule has 6 nitrogen and oxygen atoms in total. The highest BCUT2D eigenvalue weighted by Crippen LogP contribution is 2.30. The number of hydrogen-bond donors (Lipinski definition) is 3. The van der Waals surface area contributed by atoms with E-state index in [0.717, 1.165) is 17.7 Å². The van der Waals surface area contributed by atoms with Gasteiger partial charge in [0.1, 0.15) is 12.2 Å². The molecule has 1 fully saturated rings. The predicted molar refractivity (Wildman–Crippen MR) is 76.8 cm³/mol. The van der Waals surface area contributed by atoms with Crippen molar-refractivity contribution in [3.05, 3.63) is 29.8 Å². The van der Waals surface area contributed by atoms with Crippen molar-refractivity contribution < 1.29 is 19.7 Å². The Hall–Kier alpha value is -1.47. The monoisotopic (exact) mass is 292 g/mol. The van der Waals surface area contributed by atoms with Crippen LogP contribution in [-0.4, -0.2) is 53.6 Å². The maximum Gasteiger partial charge on any atom is 0.229 e. The van der Waals surface area contributed by atoms with Crippen LogP contribution in [0.25, 0.3) is 0 Å². The molecule has 4 unspecified atom stereocenters. The number of aliphatic hydroxyl groups excluding tert-OH is 2.